The molecule has 1 aliphatic heterocycles. The van der Waals surface area contributed by atoms with Crippen molar-refractivity contribution in [1.82, 2.24) is 5.32 Å². The van der Waals surface area contributed by atoms with Crippen LogP contribution in [-0.4, -0.2) is 31.8 Å². The van der Waals surface area contributed by atoms with Crippen molar-refractivity contribution in [3.63, 3.8) is 0 Å². The first-order chi connectivity index (χ1) is 10.3. The fourth-order valence-corrected chi connectivity index (χ4v) is 3.45. The fourth-order valence-electron chi connectivity index (χ4n) is 3.04. The van der Waals surface area contributed by atoms with Crippen LogP contribution >= 0.6 is 15.9 Å². The van der Waals surface area contributed by atoms with Crippen LogP contribution in [0.2, 0.25) is 0 Å². The molecule has 0 unspecified atom stereocenters. The highest BCUT2D eigenvalue weighted by Crippen LogP contribution is 2.29. The van der Waals surface area contributed by atoms with Crippen LogP contribution in [0.15, 0.2) is 22.7 Å². The Kier molecular flexibility index (Phi) is 5.19. The Morgan fingerprint density at radius 3 is 2.67 bits per heavy atom. The maximum atomic E-state index is 5.76. The van der Waals surface area contributed by atoms with Gasteiger partial charge in [-0.3, -0.25) is 0 Å². The van der Waals surface area contributed by atoms with Crippen molar-refractivity contribution in [2.24, 2.45) is 0 Å². The molecule has 1 saturated carbocycles. The Bertz CT molecular complexity index is 468. The van der Waals surface area contributed by atoms with Crippen molar-refractivity contribution < 1.29 is 4.74 Å². The summed E-state index contributed by atoms with van der Waals surface area (Å²) in [7, 11) is 0. The molecule has 4 heteroatoms. The maximum Gasteiger partial charge on any atom is 0.0608 e. The van der Waals surface area contributed by atoms with Crippen molar-refractivity contribution >= 4 is 21.6 Å². The zero-order valence-corrected chi connectivity index (χ0v) is 14.4. The lowest BCUT2D eigenvalue weighted by atomic mass is 10.0. The first-order valence-corrected chi connectivity index (χ1v) is 8.94. The minimum absolute atomic E-state index is 0.453. The van der Waals surface area contributed by atoms with E-state index in [1.54, 1.807) is 0 Å². The largest absolute Gasteiger partial charge is 0.378 e. The minimum atomic E-state index is 0.453. The van der Waals surface area contributed by atoms with Crippen molar-refractivity contribution in [2.75, 3.05) is 24.6 Å². The van der Waals surface area contributed by atoms with Gasteiger partial charge in [0, 0.05) is 42.4 Å². The molecule has 3 rings (SSSR count). The maximum absolute atomic E-state index is 5.76. The number of anilines is 1. The van der Waals surface area contributed by atoms with Crippen LogP contribution in [0.1, 0.15) is 38.2 Å². The summed E-state index contributed by atoms with van der Waals surface area (Å²) in [6.45, 7) is 6.10. The third kappa shape index (κ3) is 4.21. The molecule has 2 aliphatic rings. The van der Waals surface area contributed by atoms with Gasteiger partial charge in [-0.05, 0) is 56.4 Å². The van der Waals surface area contributed by atoms with E-state index in [0.29, 0.717) is 6.10 Å². The monoisotopic (exact) mass is 352 g/mol. The summed E-state index contributed by atoms with van der Waals surface area (Å²) >= 11 is 3.61. The Morgan fingerprint density at radius 2 is 2.00 bits per heavy atom. The second-order valence-corrected chi connectivity index (χ2v) is 6.99. The van der Waals surface area contributed by atoms with Gasteiger partial charge in [-0.15, -0.1) is 0 Å². The topological polar surface area (TPSA) is 24.5 Å². The summed E-state index contributed by atoms with van der Waals surface area (Å²) in [6.07, 6.45) is 5.40. The van der Waals surface area contributed by atoms with E-state index >= 15 is 0 Å². The smallest absolute Gasteiger partial charge is 0.0608 e. The lowest BCUT2D eigenvalue weighted by Gasteiger charge is -2.34. The number of rotatable bonds is 6. The van der Waals surface area contributed by atoms with Crippen LogP contribution in [-0.2, 0) is 11.3 Å². The minimum Gasteiger partial charge on any atom is -0.378 e. The average molecular weight is 353 g/mol. The van der Waals surface area contributed by atoms with E-state index in [4.69, 9.17) is 4.74 Å². The van der Waals surface area contributed by atoms with Crippen molar-refractivity contribution in [1.29, 1.82) is 0 Å². The number of ether oxygens (including phenoxy) is 1. The van der Waals surface area contributed by atoms with Gasteiger partial charge in [-0.2, -0.15) is 0 Å². The van der Waals surface area contributed by atoms with E-state index in [9.17, 15) is 0 Å². The SMILES string of the molecule is CCOC1CCN(c2ccc(Br)cc2CNC2CC2)CC1. The van der Waals surface area contributed by atoms with E-state index < -0.39 is 0 Å². The number of nitrogens with zero attached hydrogens (tertiary/aromatic N) is 1. The van der Waals surface area contributed by atoms with Crippen molar-refractivity contribution in [2.45, 2.75) is 51.3 Å². The average Bonchev–Trinajstić information content (AvgIpc) is 3.31. The molecule has 116 valence electrons. The highest BCUT2D eigenvalue weighted by atomic mass is 79.9. The molecule has 0 aromatic heterocycles. The van der Waals surface area contributed by atoms with Crippen LogP contribution in [0, 0.1) is 0 Å². The molecule has 0 amide bonds. The molecule has 1 aromatic rings. The number of hydrogen-bond acceptors (Lipinski definition) is 3. The molecule has 0 bridgehead atoms. The van der Waals surface area contributed by atoms with Crippen LogP contribution < -0.4 is 10.2 Å². The molecule has 0 atom stereocenters. The predicted octanol–water partition coefficient (Wildman–Crippen LogP) is 3.71. The van der Waals surface area contributed by atoms with Gasteiger partial charge in [0.15, 0.2) is 0 Å². The zero-order valence-electron chi connectivity index (χ0n) is 12.8. The van der Waals surface area contributed by atoms with Crippen LogP contribution in [0.5, 0.6) is 0 Å². The van der Waals surface area contributed by atoms with Crippen LogP contribution in [0.25, 0.3) is 0 Å². The van der Waals surface area contributed by atoms with Crippen molar-refractivity contribution in [3.05, 3.63) is 28.2 Å². The summed E-state index contributed by atoms with van der Waals surface area (Å²) in [4.78, 5) is 2.52. The normalized spacial score (nSPS) is 20.0. The number of benzene rings is 1. The van der Waals surface area contributed by atoms with Gasteiger partial charge in [0.25, 0.3) is 0 Å². The third-order valence-corrected chi connectivity index (χ3v) is 4.88. The number of hydrogen-bond donors (Lipinski definition) is 1. The molecule has 3 nitrogen and oxygen atoms in total. The van der Waals surface area contributed by atoms with E-state index in [0.717, 1.165) is 45.1 Å². The van der Waals surface area contributed by atoms with Gasteiger partial charge in [-0.25, -0.2) is 0 Å². The Morgan fingerprint density at radius 1 is 1.24 bits per heavy atom. The highest BCUT2D eigenvalue weighted by Gasteiger charge is 2.23. The molecule has 1 N–H and O–H groups in total. The van der Waals surface area contributed by atoms with E-state index in [1.807, 2.05) is 0 Å². The van der Waals surface area contributed by atoms with Gasteiger partial charge >= 0.3 is 0 Å². The Labute approximate surface area is 136 Å². The predicted molar refractivity (Wildman–Crippen MR) is 90.9 cm³/mol. The number of halogens is 1. The Hall–Kier alpha value is -0.580. The summed E-state index contributed by atoms with van der Waals surface area (Å²) in [5.41, 5.74) is 2.80. The lowest BCUT2D eigenvalue weighted by molar-refractivity contribution is 0.0459. The molecule has 1 aromatic carbocycles. The second kappa shape index (κ2) is 7.12. The first kappa shape index (κ1) is 15.3. The molecule has 2 fully saturated rings. The summed E-state index contributed by atoms with van der Waals surface area (Å²) in [5, 5.41) is 3.64. The van der Waals surface area contributed by atoms with Gasteiger partial charge < -0.3 is 15.0 Å². The number of nitrogens with one attached hydrogen (secondary N) is 1. The van der Waals surface area contributed by atoms with Crippen molar-refractivity contribution in [3.8, 4) is 0 Å². The summed E-state index contributed by atoms with van der Waals surface area (Å²) in [6, 6.07) is 7.43. The first-order valence-electron chi connectivity index (χ1n) is 8.14. The number of piperidine rings is 1. The summed E-state index contributed by atoms with van der Waals surface area (Å²) in [5.74, 6) is 0. The fraction of sp³-hybridized carbons (Fsp3) is 0.647. The quantitative estimate of drug-likeness (QED) is 0.844. The highest BCUT2D eigenvalue weighted by molar-refractivity contribution is 9.10. The summed E-state index contributed by atoms with van der Waals surface area (Å²) < 4.78 is 6.93. The lowest BCUT2D eigenvalue weighted by Crippen LogP contribution is -2.37. The molecule has 1 heterocycles. The molecule has 1 saturated heterocycles. The van der Waals surface area contributed by atoms with E-state index in [2.05, 4.69) is 51.3 Å². The standard InChI is InChI=1S/C17H25BrN2O/c1-2-21-16-7-9-20(10-8-16)17-6-3-14(18)11-13(17)12-19-15-4-5-15/h3,6,11,15-16,19H,2,4-5,7-10,12H2,1H3. The second-order valence-electron chi connectivity index (χ2n) is 6.07. The van der Waals surface area contributed by atoms with Gasteiger partial charge in [0.2, 0.25) is 0 Å². The van der Waals surface area contributed by atoms with Crippen LogP contribution in [0.3, 0.4) is 0 Å². The van der Waals surface area contributed by atoms with E-state index in [-0.39, 0.29) is 0 Å². The zero-order chi connectivity index (χ0) is 14.7. The molecule has 1 aliphatic carbocycles. The molecule has 0 spiro atoms. The molecular weight excluding hydrogens is 328 g/mol. The van der Waals surface area contributed by atoms with Gasteiger partial charge in [0.1, 0.15) is 0 Å². The molecular formula is C17H25BrN2O. The molecule has 0 radical (unpaired) electrons. The van der Waals surface area contributed by atoms with Gasteiger partial charge in [-0.1, -0.05) is 15.9 Å². The molecule has 21 heavy (non-hydrogen) atoms. The van der Waals surface area contributed by atoms with Crippen LogP contribution in [0.4, 0.5) is 5.69 Å². The van der Waals surface area contributed by atoms with E-state index in [1.165, 1.54) is 28.6 Å². The third-order valence-electron chi connectivity index (χ3n) is 4.39. The van der Waals surface area contributed by atoms with Gasteiger partial charge in [0.05, 0.1) is 6.10 Å². The Balaban J connectivity index is 1.66.